The van der Waals surface area contributed by atoms with Crippen LogP contribution in [0.2, 0.25) is 5.02 Å². The van der Waals surface area contributed by atoms with Crippen molar-refractivity contribution in [3.63, 3.8) is 0 Å². The van der Waals surface area contributed by atoms with Crippen molar-refractivity contribution in [3.05, 3.63) is 50.8 Å². The highest BCUT2D eigenvalue weighted by molar-refractivity contribution is 8.00. The van der Waals surface area contributed by atoms with E-state index >= 15 is 0 Å². The molecule has 116 valence electrons. The second-order valence-electron chi connectivity index (χ2n) is 5.46. The fourth-order valence-corrected chi connectivity index (χ4v) is 3.88. The lowest BCUT2D eigenvalue weighted by molar-refractivity contribution is -0.113. The molecule has 1 atom stereocenters. The van der Waals surface area contributed by atoms with E-state index in [0.717, 1.165) is 5.56 Å². The molecule has 22 heavy (non-hydrogen) atoms. The largest absolute Gasteiger partial charge is 0.310 e. The molecule has 1 aromatic carbocycles. The molecule has 1 aromatic heterocycles. The molecular formula is C15H16ClN3O2S. The van der Waals surface area contributed by atoms with Crippen molar-refractivity contribution in [3.8, 4) is 0 Å². The highest BCUT2D eigenvalue weighted by Gasteiger charge is 2.30. The number of nitrogens with zero attached hydrogens (tertiary/aromatic N) is 1. The lowest BCUT2D eigenvalue weighted by Crippen LogP contribution is -2.17. The van der Waals surface area contributed by atoms with E-state index in [-0.39, 0.29) is 22.8 Å². The Labute approximate surface area is 137 Å². The zero-order valence-electron chi connectivity index (χ0n) is 12.2. The second kappa shape index (κ2) is 5.85. The zero-order chi connectivity index (χ0) is 15.9. The van der Waals surface area contributed by atoms with Gasteiger partial charge in [-0.15, -0.1) is 11.8 Å². The quantitative estimate of drug-likeness (QED) is 0.884. The molecule has 5 nitrogen and oxygen atoms in total. The number of hydrogen-bond acceptors (Lipinski definition) is 3. The van der Waals surface area contributed by atoms with E-state index in [2.05, 4.69) is 10.4 Å². The first-order valence-corrected chi connectivity index (χ1v) is 8.41. The number of aromatic amines is 1. The van der Waals surface area contributed by atoms with Crippen molar-refractivity contribution in [2.75, 3.05) is 11.1 Å². The fraction of sp³-hybridized carbons (Fsp3) is 0.333. The van der Waals surface area contributed by atoms with Gasteiger partial charge in [0.2, 0.25) is 5.91 Å². The third-order valence-electron chi connectivity index (χ3n) is 3.53. The number of anilines is 1. The van der Waals surface area contributed by atoms with Gasteiger partial charge in [0, 0.05) is 11.1 Å². The van der Waals surface area contributed by atoms with Crippen LogP contribution in [-0.4, -0.2) is 21.4 Å². The summed E-state index contributed by atoms with van der Waals surface area (Å²) in [7, 11) is 0. The molecule has 0 saturated carbocycles. The number of benzene rings is 1. The lowest BCUT2D eigenvalue weighted by atomic mass is 10.1. The Morgan fingerprint density at radius 1 is 1.36 bits per heavy atom. The van der Waals surface area contributed by atoms with Crippen molar-refractivity contribution in [1.82, 2.24) is 9.78 Å². The van der Waals surface area contributed by atoms with E-state index in [1.54, 1.807) is 10.7 Å². The maximum Gasteiger partial charge on any atom is 0.270 e. The smallest absolute Gasteiger partial charge is 0.270 e. The van der Waals surface area contributed by atoms with Crippen LogP contribution in [0.1, 0.15) is 36.3 Å². The zero-order valence-corrected chi connectivity index (χ0v) is 13.8. The first-order valence-electron chi connectivity index (χ1n) is 6.98. The molecule has 0 aliphatic carbocycles. The summed E-state index contributed by atoms with van der Waals surface area (Å²) in [6.07, 6.45) is 0. The molecule has 1 aliphatic heterocycles. The summed E-state index contributed by atoms with van der Waals surface area (Å²) in [5, 5.41) is 6.05. The fourth-order valence-electron chi connectivity index (χ4n) is 2.56. The van der Waals surface area contributed by atoms with E-state index in [1.807, 2.05) is 32.0 Å². The second-order valence-corrected chi connectivity index (χ2v) is 6.99. The molecule has 2 aromatic rings. The highest BCUT2D eigenvalue weighted by Crippen LogP contribution is 2.40. The van der Waals surface area contributed by atoms with Crippen molar-refractivity contribution >= 4 is 35.1 Å². The summed E-state index contributed by atoms with van der Waals surface area (Å²) in [6, 6.07) is 7.45. The van der Waals surface area contributed by atoms with Crippen molar-refractivity contribution in [2.24, 2.45) is 0 Å². The minimum atomic E-state index is -0.226. The van der Waals surface area contributed by atoms with Gasteiger partial charge in [-0.05, 0) is 31.5 Å². The van der Waals surface area contributed by atoms with Gasteiger partial charge in [0.25, 0.3) is 5.56 Å². The Hall–Kier alpha value is -1.66. The normalized spacial score (nSPS) is 18.0. The Balaban J connectivity index is 2.19. The van der Waals surface area contributed by atoms with Gasteiger partial charge in [-0.2, -0.15) is 0 Å². The van der Waals surface area contributed by atoms with Gasteiger partial charge in [-0.3, -0.25) is 19.4 Å². The summed E-state index contributed by atoms with van der Waals surface area (Å²) in [5.74, 6) is 0.743. The minimum absolute atomic E-state index is 0.0415. The van der Waals surface area contributed by atoms with Gasteiger partial charge in [-0.1, -0.05) is 23.7 Å². The third kappa shape index (κ3) is 2.68. The maximum atomic E-state index is 12.4. The number of aromatic nitrogens is 2. The lowest BCUT2D eigenvalue weighted by Gasteiger charge is -2.15. The number of fused-ring (bicyclic) bond motifs is 1. The number of H-pyrrole nitrogens is 1. The van der Waals surface area contributed by atoms with E-state index in [0.29, 0.717) is 22.2 Å². The van der Waals surface area contributed by atoms with Gasteiger partial charge in [-0.25, -0.2) is 0 Å². The molecule has 7 heteroatoms. The van der Waals surface area contributed by atoms with Crippen LogP contribution in [0.4, 0.5) is 5.82 Å². The summed E-state index contributed by atoms with van der Waals surface area (Å²) in [4.78, 5) is 24.4. The van der Waals surface area contributed by atoms with Crippen LogP contribution in [-0.2, 0) is 4.79 Å². The first-order chi connectivity index (χ1) is 10.5. The number of nitrogens with one attached hydrogen (secondary N) is 2. The molecule has 0 saturated heterocycles. The predicted molar refractivity (Wildman–Crippen MR) is 89.8 cm³/mol. The van der Waals surface area contributed by atoms with Crippen LogP contribution in [0.5, 0.6) is 0 Å². The van der Waals surface area contributed by atoms with Gasteiger partial charge >= 0.3 is 0 Å². The molecule has 3 rings (SSSR count). The number of rotatable bonds is 2. The minimum Gasteiger partial charge on any atom is -0.310 e. The average Bonchev–Trinajstić information content (AvgIpc) is 2.67. The topological polar surface area (TPSA) is 66.9 Å². The SMILES string of the molecule is CC(C)n1[nH]c(=O)c2c1NC(=O)CS[C@@H]2c1cccc(Cl)c1. The number of halogens is 1. The van der Waals surface area contributed by atoms with Crippen LogP contribution >= 0.6 is 23.4 Å². The monoisotopic (exact) mass is 337 g/mol. The van der Waals surface area contributed by atoms with Crippen LogP contribution in [0.15, 0.2) is 29.1 Å². The number of amides is 1. The summed E-state index contributed by atoms with van der Waals surface area (Å²) in [6.45, 7) is 3.91. The summed E-state index contributed by atoms with van der Waals surface area (Å²) in [5.41, 5.74) is 1.32. The third-order valence-corrected chi connectivity index (χ3v) is 5.04. The molecule has 2 N–H and O–H groups in total. The average molecular weight is 338 g/mol. The van der Waals surface area contributed by atoms with E-state index in [9.17, 15) is 9.59 Å². The summed E-state index contributed by atoms with van der Waals surface area (Å²) < 4.78 is 1.71. The van der Waals surface area contributed by atoms with Gasteiger partial charge in [0.05, 0.1) is 16.6 Å². The van der Waals surface area contributed by atoms with Gasteiger partial charge in [0.1, 0.15) is 5.82 Å². The molecule has 0 bridgehead atoms. The molecule has 0 fully saturated rings. The van der Waals surface area contributed by atoms with Crippen molar-refractivity contribution in [2.45, 2.75) is 25.1 Å². The number of hydrogen-bond donors (Lipinski definition) is 2. The predicted octanol–water partition coefficient (Wildman–Crippen LogP) is 3.19. The number of carbonyl (C=O) groups is 1. The van der Waals surface area contributed by atoms with Crippen molar-refractivity contribution < 1.29 is 4.79 Å². The van der Waals surface area contributed by atoms with E-state index < -0.39 is 0 Å². The van der Waals surface area contributed by atoms with Gasteiger partial charge < -0.3 is 5.32 Å². The number of thioether (sulfide) groups is 1. The Morgan fingerprint density at radius 3 is 2.82 bits per heavy atom. The van der Waals surface area contributed by atoms with Crippen LogP contribution < -0.4 is 10.9 Å². The number of carbonyl (C=O) groups excluding carboxylic acids is 1. The van der Waals surface area contributed by atoms with Crippen molar-refractivity contribution in [1.29, 1.82) is 0 Å². The molecule has 0 spiro atoms. The molecule has 1 amide bonds. The Kier molecular flexibility index (Phi) is 4.06. The van der Waals surface area contributed by atoms with E-state index in [4.69, 9.17) is 11.6 Å². The molecular weight excluding hydrogens is 322 g/mol. The molecule has 1 aliphatic rings. The maximum absolute atomic E-state index is 12.4. The van der Waals surface area contributed by atoms with Gasteiger partial charge in [0.15, 0.2) is 0 Å². The molecule has 0 unspecified atom stereocenters. The Morgan fingerprint density at radius 2 is 2.14 bits per heavy atom. The van der Waals surface area contributed by atoms with Crippen LogP contribution in [0.25, 0.3) is 0 Å². The molecule has 0 radical (unpaired) electrons. The van der Waals surface area contributed by atoms with Crippen LogP contribution in [0, 0.1) is 0 Å². The molecule has 2 heterocycles. The first kappa shape index (κ1) is 15.2. The highest BCUT2D eigenvalue weighted by atomic mass is 35.5. The standard InChI is InChI=1S/C15H16ClN3O2S/c1-8(2)19-14-12(15(21)18-19)13(22-7-11(20)17-14)9-4-3-5-10(16)6-9/h3-6,8,13H,7H2,1-2H3,(H,17,20)(H,18,21)/t13-/m1/s1. The van der Waals surface area contributed by atoms with E-state index in [1.165, 1.54) is 11.8 Å². The van der Waals surface area contributed by atoms with Crippen LogP contribution in [0.3, 0.4) is 0 Å². The Bertz CT molecular complexity index is 781. The summed E-state index contributed by atoms with van der Waals surface area (Å²) >= 11 is 7.50.